The summed E-state index contributed by atoms with van der Waals surface area (Å²) in [5.74, 6) is -0.159. The summed E-state index contributed by atoms with van der Waals surface area (Å²) in [6.07, 6.45) is 5.17. The van der Waals surface area contributed by atoms with Crippen LogP contribution in [0.15, 0.2) is 29.2 Å². The molecule has 1 amide bonds. The van der Waals surface area contributed by atoms with Crippen molar-refractivity contribution < 1.29 is 13.2 Å². The van der Waals surface area contributed by atoms with Crippen LogP contribution in [0.2, 0.25) is 0 Å². The Labute approximate surface area is 157 Å². The molecule has 0 heterocycles. The first-order valence-corrected chi connectivity index (χ1v) is 11.0. The van der Waals surface area contributed by atoms with Crippen molar-refractivity contribution in [2.24, 2.45) is 5.73 Å². The van der Waals surface area contributed by atoms with Crippen molar-refractivity contribution in [3.8, 4) is 0 Å². The van der Waals surface area contributed by atoms with Gasteiger partial charge in [0.1, 0.15) is 0 Å². The normalized spacial score (nSPS) is 20.9. The molecule has 0 unspecified atom stereocenters. The number of carbonyl (C=O) groups is 1. The summed E-state index contributed by atoms with van der Waals surface area (Å²) < 4.78 is 27.0. The average Bonchev–Trinajstić information content (AvgIpc) is 2.63. The van der Waals surface area contributed by atoms with E-state index in [1.807, 2.05) is 13.8 Å². The van der Waals surface area contributed by atoms with E-state index in [0.717, 1.165) is 38.5 Å². The summed E-state index contributed by atoms with van der Waals surface area (Å²) in [5, 5.41) is 3.02. The smallest absolute Gasteiger partial charge is 0.251 e. The van der Waals surface area contributed by atoms with Gasteiger partial charge in [0.25, 0.3) is 5.91 Å². The summed E-state index contributed by atoms with van der Waals surface area (Å²) in [7, 11) is -3.51. The third-order valence-corrected chi connectivity index (χ3v) is 6.72. The first-order valence-electron chi connectivity index (χ1n) is 9.55. The molecule has 0 spiro atoms. The summed E-state index contributed by atoms with van der Waals surface area (Å²) in [6.45, 7) is 4.93. The van der Waals surface area contributed by atoms with Gasteiger partial charge in [-0.05, 0) is 62.8 Å². The predicted octanol–water partition coefficient (Wildman–Crippen LogP) is 2.50. The molecular weight excluding hydrogens is 350 g/mol. The van der Waals surface area contributed by atoms with E-state index in [0.29, 0.717) is 18.7 Å². The minimum absolute atomic E-state index is 0.148. The van der Waals surface area contributed by atoms with E-state index in [1.165, 1.54) is 16.4 Å². The van der Waals surface area contributed by atoms with Gasteiger partial charge in [-0.25, -0.2) is 8.42 Å². The minimum atomic E-state index is -3.51. The van der Waals surface area contributed by atoms with Gasteiger partial charge in [0.2, 0.25) is 10.0 Å². The molecule has 1 aromatic rings. The topological polar surface area (TPSA) is 92.5 Å². The van der Waals surface area contributed by atoms with Crippen LogP contribution in [0, 0.1) is 0 Å². The van der Waals surface area contributed by atoms with Crippen molar-refractivity contribution in [1.29, 1.82) is 0 Å². The monoisotopic (exact) mass is 381 g/mol. The van der Waals surface area contributed by atoms with Crippen molar-refractivity contribution >= 4 is 15.9 Å². The second-order valence-corrected chi connectivity index (χ2v) is 8.95. The van der Waals surface area contributed by atoms with Gasteiger partial charge in [-0.3, -0.25) is 4.79 Å². The zero-order chi connectivity index (χ0) is 19.2. The second kappa shape index (κ2) is 9.48. The van der Waals surface area contributed by atoms with Crippen LogP contribution in [0.25, 0.3) is 0 Å². The highest BCUT2D eigenvalue weighted by Gasteiger charge is 2.24. The fourth-order valence-corrected chi connectivity index (χ4v) is 4.93. The van der Waals surface area contributed by atoms with E-state index in [4.69, 9.17) is 5.73 Å². The Morgan fingerprint density at radius 3 is 2.12 bits per heavy atom. The molecule has 26 heavy (non-hydrogen) atoms. The van der Waals surface area contributed by atoms with E-state index in [9.17, 15) is 13.2 Å². The Hall–Kier alpha value is -1.44. The van der Waals surface area contributed by atoms with Gasteiger partial charge >= 0.3 is 0 Å². The van der Waals surface area contributed by atoms with E-state index in [-0.39, 0.29) is 22.9 Å². The van der Waals surface area contributed by atoms with Crippen molar-refractivity contribution in [3.63, 3.8) is 0 Å². The molecule has 0 aromatic heterocycles. The van der Waals surface area contributed by atoms with Gasteiger partial charge < -0.3 is 11.1 Å². The largest absolute Gasteiger partial charge is 0.349 e. The van der Waals surface area contributed by atoms with Gasteiger partial charge in [-0.1, -0.05) is 13.8 Å². The number of hydrogen-bond donors (Lipinski definition) is 2. The molecule has 1 fully saturated rings. The Bertz CT molecular complexity index is 674. The van der Waals surface area contributed by atoms with Crippen molar-refractivity contribution in [2.45, 2.75) is 69.4 Å². The highest BCUT2D eigenvalue weighted by molar-refractivity contribution is 7.89. The molecule has 0 bridgehead atoms. The molecule has 3 N–H and O–H groups in total. The Morgan fingerprint density at radius 1 is 1.08 bits per heavy atom. The molecule has 2 rings (SSSR count). The zero-order valence-electron chi connectivity index (χ0n) is 15.8. The number of amides is 1. The predicted molar refractivity (Wildman–Crippen MR) is 103 cm³/mol. The molecule has 0 radical (unpaired) electrons. The van der Waals surface area contributed by atoms with Crippen LogP contribution in [-0.4, -0.2) is 43.8 Å². The quantitative estimate of drug-likeness (QED) is 0.723. The van der Waals surface area contributed by atoms with E-state index in [2.05, 4.69) is 5.32 Å². The Balaban J connectivity index is 2.05. The zero-order valence-corrected chi connectivity index (χ0v) is 16.6. The van der Waals surface area contributed by atoms with Crippen LogP contribution in [0.4, 0.5) is 0 Å². The van der Waals surface area contributed by atoms with Gasteiger partial charge in [0.05, 0.1) is 4.90 Å². The molecule has 1 aliphatic carbocycles. The second-order valence-electron chi connectivity index (χ2n) is 7.01. The summed E-state index contributed by atoms with van der Waals surface area (Å²) in [5.41, 5.74) is 6.37. The molecule has 0 saturated heterocycles. The summed E-state index contributed by atoms with van der Waals surface area (Å²) in [4.78, 5) is 12.6. The van der Waals surface area contributed by atoms with Gasteiger partial charge in [-0.15, -0.1) is 0 Å². The maximum atomic E-state index is 12.8. The third-order valence-electron chi connectivity index (χ3n) is 4.81. The van der Waals surface area contributed by atoms with Crippen LogP contribution >= 0.6 is 0 Å². The van der Waals surface area contributed by atoms with Crippen LogP contribution in [0.3, 0.4) is 0 Å². The van der Waals surface area contributed by atoms with E-state index < -0.39 is 10.0 Å². The maximum Gasteiger partial charge on any atom is 0.251 e. The lowest BCUT2D eigenvalue weighted by Gasteiger charge is -2.26. The maximum absolute atomic E-state index is 12.8. The SMILES string of the molecule is CCCN(CCC)S(=O)(=O)c1ccc(C(=O)NC2CCC(N)CC2)cc1. The standard InChI is InChI=1S/C19H31N3O3S/c1-3-13-22(14-4-2)26(24,25)18-11-5-15(6-12-18)19(23)21-17-9-7-16(20)8-10-17/h5-6,11-12,16-17H,3-4,7-10,13-14,20H2,1-2H3,(H,21,23). The molecule has 1 aromatic carbocycles. The van der Waals surface area contributed by atoms with Gasteiger partial charge in [-0.2, -0.15) is 4.31 Å². The fourth-order valence-electron chi connectivity index (χ4n) is 3.31. The Kier molecular flexibility index (Phi) is 7.61. The van der Waals surface area contributed by atoms with Crippen LogP contribution < -0.4 is 11.1 Å². The number of sulfonamides is 1. The summed E-state index contributed by atoms with van der Waals surface area (Å²) in [6, 6.07) is 6.62. The average molecular weight is 382 g/mol. The van der Waals surface area contributed by atoms with Gasteiger partial charge in [0, 0.05) is 30.7 Å². The molecule has 7 heteroatoms. The highest BCUT2D eigenvalue weighted by atomic mass is 32.2. The lowest BCUT2D eigenvalue weighted by molar-refractivity contribution is 0.0925. The Morgan fingerprint density at radius 2 is 1.62 bits per heavy atom. The molecule has 0 atom stereocenters. The van der Waals surface area contributed by atoms with Crippen LogP contribution in [0.1, 0.15) is 62.7 Å². The number of rotatable bonds is 8. The fraction of sp³-hybridized carbons (Fsp3) is 0.632. The summed E-state index contributed by atoms with van der Waals surface area (Å²) >= 11 is 0. The van der Waals surface area contributed by atoms with E-state index >= 15 is 0 Å². The van der Waals surface area contributed by atoms with Gasteiger partial charge in [0.15, 0.2) is 0 Å². The number of nitrogens with two attached hydrogens (primary N) is 1. The molecule has 1 saturated carbocycles. The lowest BCUT2D eigenvalue weighted by atomic mass is 9.91. The van der Waals surface area contributed by atoms with Crippen LogP contribution in [-0.2, 0) is 10.0 Å². The number of carbonyl (C=O) groups excluding carboxylic acids is 1. The first kappa shape index (κ1) is 20.9. The van der Waals surface area contributed by atoms with Crippen LogP contribution in [0.5, 0.6) is 0 Å². The number of nitrogens with zero attached hydrogens (tertiary/aromatic N) is 1. The van der Waals surface area contributed by atoms with Crippen molar-refractivity contribution in [3.05, 3.63) is 29.8 Å². The molecule has 1 aliphatic rings. The van der Waals surface area contributed by atoms with Crippen molar-refractivity contribution in [1.82, 2.24) is 9.62 Å². The number of hydrogen-bond acceptors (Lipinski definition) is 4. The highest BCUT2D eigenvalue weighted by Crippen LogP contribution is 2.19. The first-order chi connectivity index (χ1) is 12.4. The molecular formula is C19H31N3O3S. The third kappa shape index (κ3) is 5.28. The molecule has 0 aliphatic heterocycles. The van der Waals surface area contributed by atoms with E-state index in [1.54, 1.807) is 12.1 Å². The minimum Gasteiger partial charge on any atom is -0.349 e. The molecule has 6 nitrogen and oxygen atoms in total. The number of nitrogens with one attached hydrogen (secondary N) is 1. The van der Waals surface area contributed by atoms with Crippen molar-refractivity contribution in [2.75, 3.05) is 13.1 Å². The number of benzene rings is 1. The molecule has 146 valence electrons. The lowest BCUT2D eigenvalue weighted by Crippen LogP contribution is -2.40.